The van der Waals surface area contributed by atoms with Crippen LogP contribution in [0, 0.1) is 0 Å². The summed E-state index contributed by atoms with van der Waals surface area (Å²) in [4.78, 5) is 17.3. The lowest BCUT2D eigenvalue weighted by atomic mass is 9.94. The zero-order chi connectivity index (χ0) is 19.9. The fourth-order valence-electron chi connectivity index (χ4n) is 4.37. The van der Waals surface area contributed by atoms with E-state index in [1.54, 1.807) is 12.4 Å². The molecule has 1 aliphatic heterocycles. The highest BCUT2D eigenvalue weighted by molar-refractivity contribution is 5.98. The summed E-state index contributed by atoms with van der Waals surface area (Å²) in [7, 11) is 0. The van der Waals surface area contributed by atoms with Crippen molar-refractivity contribution in [1.82, 2.24) is 35.5 Å². The Kier molecular flexibility index (Phi) is 4.06. The molecule has 1 saturated heterocycles. The molecular formula is C23H21N7. The van der Waals surface area contributed by atoms with Gasteiger partial charge in [0.1, 0.15) is 11.2 Å². The SMILES string of the molecule is c1cc(-c2nccc3[nH]c(-c4n[nH]c5ccc(C6CCNCC6)nc45)cc23)ccn1. The van der Waals surface area contributed by atoms with Gasteiger partial charge in [-0.2, -0.15) is 5.10 Å². The van der Waals surface area contributed by atoms with Crippen molar-refractivity contribution in [3.63, 3.8) is 0 Å². The first kappa shape index (κ1) is 17.3. The lowest BCUT2D eigenvalue weighted by molar-refractivity contribution is 0.454. The van der Waals surface area contributed by atoms with Crippen molar-refractivity contribution in [3.8, 4) is 22.6 Å². The largest absolute Gasteiger partial charge is 0.353 e. The third kappa shape index (κ3) is 2.86. The van der Waals surface area contributed by atoms with Crippen LogP contribution in [-0.4, -0.2) is 43.2 Å². The van der Waals surface area contributed by atoms with Crippen molar-refractivity contribution >= 4 is 21.9 Å². The molecule has 5 aromatic heterocycles. The van der Waals surface area contributed by atoms with Crippen molar-refractivity contribution in [1.29, 1.82) is 0 Å². The van der Waals surface area contributed by atoms with Gasteiger partial charge >= 0.3 is 0 Å². The van der Waals surface area contributed by atoms with Gasteiger partial charge in [-0.3, -0.25) is 15.1 Å². The molecule has 7 nitrogen and oxygen atoms in total. The van der Waals surface area contributed by atoms with Crippen LogP contribution in [0.25, 0.3) is 44.6 Å². The van der Waals surface area contributed by atoms with Gasteiger partial charge in [0.2, 0.25) is 0 Å². The molecule has 148 valence electrons. The molecule has 0 atom stereocenters. The van der Waals surface area contributed by atoms with E-state index < -0.39 is 0 Å². The highest BCUT2D eigenvalue weighted by Crippen LogP contribution is 2.33. The minimum atomic E-state index is 0.503. The number of rotatable bonds is 3. The van der Waals surface area contributed by atoms with Crippen LogP contribution >= 0.6 is 0 Å². The Morgan fingerprint density at radius 2 is 1.73 bits per heavy atom. The van der Waals surface area contributed by atoms with Gasteiger partial charge in [0.15, 0.2) is 0 Å². The van der Waals surface area contributed by atoms with E-state index in [1.165, 1.54) is 0 Å². The van der Waals surface area contributed by atoms with E-state index in [0.29, 0.717) is 5.92 Å². The molecular weight excluding hydrogens is 374 g/mol. The first-order valence-corrected chi connectivity index (χ1v) is 10.3. The van der Waals surface area contributed by atoms with Crippen molar-refractivity contribution < 1.29 is 0 Å². The Balaban J connectivity index is 1.47. The number of H-pyrrole nitrogens is 2. The summed E-state index contributed by atoms with van der Waals surface area (Å²) in [5, 5.41) is 12.2. The van der Waals surface area contributed by atoms with Crippen molar-refractivity contribution in [2.75, 3.05) is 13.1 Å². The molecule has 5 aromatic rings. The fraction of sp³-hybridized carbons (Fsp3) is 0.217. The zero-order valence-corrected chi connectivity index (χ0v) is 16.4. The maximum Gasteiger partial charge on any atom is 0.135 e. The second-order valence-electron chi connectivity index (χ2n) is 7.77. The molecule has 1 fully saturated rings. The van der Waals surface area contributed by atoms with Crippen LogP contribution in [0.3, 0.4) is 0 Å². The molecule has 0 unspecified atom stereocenters. The van der Waals surface area contributed by atoms with E-state index in [2.05, 4.69) is 48.7 Å². The highest BCUT2D eigenvalue weighted by Gasteiger charge is 2.19. The number of nitrogens with one attached hydrogen (secondary N) is 3. The van der Waals surface area contributed by atoms with E-state index in [1.807, 2.05) is 24.4 Å². The van der Waals surface area contributed by atoms with Crippen LogP contribution in [0.5, 0.6) is 0 Å². The van der Waals surface area contributed by atoms with E-state index in [0.717, 1.165) is 76.2 Å². The molecule has 0 amide bonds. The smallest absolute Gasteiger partial charge is 0.135 e. The topological polar surface area (TPSA) is 95.2 Å². The van der Waals surface area contributed by atoms with E-state index in [9.17, 15) is 0 Å². The lowest BCUT2D eigenvalue weighted by Gasteiger charge is -2.22. The summed E-state index contributed by atoms with van der Waals surface area (Å²) in [6.45, 7) is 2.10. The number of hydrogen-bond acceptors (Lipinski definition) is 5. The second kappa shape index (κ2) is 7.03. The number of hydrogen-bond donors (Lipinski definition) is 3. The monoisotopic (exact) mass is 395 g/mol. The standard InChI is InChI=1S/C23H21N7/c1-2-19-22(28-17(1)14-3-8-24-9-4-14)23(30-29-19)20-13-16-18(27-20)7-12-26-21(16)15-5-10-25-11-6-15/h1-2,5-7,10-14,24,27H,3-4,8-9H2,(H,29,30). The van der Waals surface area contributed by atoms with Gasteiger partial charge in [-0.25, -0.2) is 4.98 Å². The third-order valence-electron chi connectivity index (χ3n) is 5.94. The second-order valence-corrected chi connectivity index (χ2v) is 7.77. The summed E-state index contributed by atoms with van der Waals surface area (Å²) in [6.07, 6.45) is 7.65. The van der Waals surface area contributed by atoms with E-state index in [-0.39, 0.29) is 0 Å². The number of aromatic amines is 2. The molecule has 0 spiro atoms. The van der Waals surface area contributed by atoms with Gasteiger partial charge in [-0.15, -0.1) is 0 Å². The van der Waals surface area contributed by atoms with Crippen LogP contribution < -0.4 is 5.32 Å². The normalized spacial score (nSPS) is 15.2. The minimum Gasteiger partial charge on any atom is -0.353 e. The van der Waals surface area contributed by atoms with Gasteiger partial charge in [0.05, 0.1) is 16.9 Å². The van der Waals surface area contributed by atoms with Crippen LogP contribution in [-0.2, 0) is 0 Å². The van der Waals surface area contributed by atoms with E-state index in [4.69, 9.17) is 4.98 Å². The summed E-state index contributed by atoms with van der Waals surface area (Å²) in [5.41, 5.74) is 7.80. The van der Waals surface area contributed by atoms with Gasteiger partial charge in [-0.05, 0) is 62.3 Å². The number of fused-ring (bicyclic) bond motifs is 2. The van der Waals surface area contributed by atoms with Crippen LogP contribution in [0.15, 0.2) is 55.0 Å². The predicted octanol–water partition coefficient (Wildman–Crippen LogP) is 4.03. The Morgan fingerprint density at radius 1 is 0.867 bits per heavy atom. The van der Waals surface area contributed by atoms with Crippen LogP contribution in [0.4, 0.5) is 0 Å². The molecule has 7 heteroatoms. The quantitative estimate of drug-likeness (QED) is 0.429. The molecule has 6 rings (SSSR count). The average Bonchev–Trinajstić information content (AvgIpc) is 3.43. The summed E-state index contributed by atoms with van der Waals surface area (Å²) in [6, 6.07) is 12.3. The molecule has 30 heavy (non-hydrogen) atoms. The zero-order valence-electron chi connectivity index (χ0n) is 16.4. The Hall–Kier alpha value is -3.58. The Morgan fingerprint density at radius 3 is 2.60 bits per heavy atom. The molecule has 6 heterocycles. The third-order valence-corrected chi connectivity index (χ3v) is 5.94. The first-order chi connectivity index (χ1) is 14.9. The number of aromatic nitrogens is 6. The van der Waals surface area contributed by atoms with Gasteiger partial charge < -0.3 is 10.3 Å². The van der Waals surface area contributed by atoms with E-state index >= 15 is 0 Å². The summed E-state index contributed by atoms with van der Waals surface area (Å²) < 4.78 is 0. The van der Waals surface area contributed by atoms with Crippen molar-refractivity contribution in [2.24, 2.45) is 0 Å². The average molecular weight is 395 g/mol. The number of piperidine rings is 1. The molecule has 0 saturated carbocycles. The molecule has 1 aliphatic rings. The fourth-order valence-corrected chi connectivity index (χ4v) is 4.37. The number of nitrogens with zero attached hydrogens (tertiary/aromatic N) is 4. The number of pyridine rings is 3. The molecule has 0 aliphatic carbocycles. The minimum absolute atomic E-state index is 0.503. The van der Waals surface area contributed by atoms with Crippen LogP contribution in [0.1, 0.15) is 24.5 Å². The van der Waals surface area contributed by atoms with Crippen LogP contribution in [0.2, 0.25) is 0 Å². The molecule has 0 bridgehead atoms. The summed E-state index contributed by atoms with van der Waals surface area (Å²) in [5.74, 6) is 0.503. The van der Waals surface area contributed by atoms with Gasteiger partial charge in [0, 0.05) is 46.7 Å². The maximum absolute atomic E-state index is 5.02. The molecule has 0 aromatic carbocycles. The summed E-state index contributed by atoms with van der Waals surface area (Å²) >= 11 is 0. The Bertz CT molecular complexity index is 1330. The maximum atomic E-state index is 5.02. The molecule has 0 radical (unpaired) electrons. The molecule has 3 N–H and O–H groups in total. The van der Waals surface area contributed by atoms with Gasteiger partial charge in [0.25, 0.3) is 0 Å². The highest BCUT2D eigenvalue weighted by atomic mass is 15.1. The van der Waals surface area contributed by atoms with Crippen molar-refractivity contribution in [3.05, 3.63) is 60.7 Å². The Labute approximate surface area is 173 Å². The van der Waals surface area contributed by atoms with Gasteiger partial charge in [-0.1, -0.05) is 0 Å². The van der Waals surface area contributed by atoms with Crippen molar-refractivity contribution in [2.45, 2.75) is 18.8 Å². The lowest BCUT2D eigenvalue weighted by Crippen LogP contribution is -2.27. The first-order valence-electron chi connectivity index (χ1n) is 10.3. The predicted molar refractivity (Wildman–Crippen MR) is 117 cm³/mol.